The molecule has 2 aliphatic rings. The number of benzene rings is 1. The number of hydrogen-bond acceptors (Lipinski definition) is 6. The molecule has 3 heterocycles. The van der Waals surface area contributed by atoms with E-state index in [0.29, 0.717) is 6.42 Å². The molecule has 2 aliphatic heterocycles. The van der Waals surface area contributed by atoms with Crippen molar-refractivity contribution in [3.8, 4) is 11.5 Å². The van der Waals surface area contributed by atoms with Crippen LogP contribution in [0.3, 0.4) is 0 Å². The molecule has 1 aromatic carbocycles. The van der Waals surface area contributed by atoms with Crippen LogP contribution in [-0.4, -0.2) is 73.2 Å². The largest absolute Gasteiger partial charge is 0.497 e. The van der Waals surface area contributed by atoms with E-state index in [2.05, 4.69) is 21.7 Å². The molecule has 0 radical (unpaired) electrons. The maximum Gasteiger partial charge on any atom is 0.223 e. The minimum atomic E-state index is 0.133. The number of ether oxygens (including phenoxy) is 2. The highest BCUT2D eigenvalue weighted by atomic mass is 16.5. The fraction of sp³-hybridized carbons (Fsp3) is 0.500. The van der Waals surface area contributed by atoms with Gasteiger partial charge < -0.3 is 19.3 Å². The van der Waals surface area contributed by atoms with E-state index in [0.717, 1.165) is 69.3 Å². The van der Waals surface area contributed by atoms with Crippen LogP contribution in [0.25, 0.3) is 0 Å². The molecule has 0 N–H and O–H groups in total. The van der Waals surface area contributed by atoms with Gasteiger partial charge in [0.05, 0.1) is 7.11 Å². The first-order valence-electron chi connectivity index (χ1n) is 11.1. The molecular formula is C24H32N4O3. The lowest BCUT2D eigenvalue weighted by molar-refractivity contribution is -0.131. The van der Waals surface area contributed by atoms with Crippen molar-refractivity contribution in [2.24, 2.45) is 0 Å². The number of pyridine rings is 1. The Balaban J connectivity index is 1.32. The van der Waals surface area contributed by atoms with Crippen molar-refractivity contribution < 1.29 is 14.3 Å². The van der Waals surface area contributed by atoms with E-state index in [1.807, 2.05) is 47.6 Å². The van der Waals surface area contributed by atoms with E-state index in [1.54, 1.807) is 7.11 Å². The first kappa shape index (κ1) is 21.4. The molecule has 0 aliphatic carbocycles. The van der Waals surface area contributed by atoms with E-state index in [1.165, 1.54) is 5.69 Å². The minimum Gasteiger partial charge on any atom is -0.497 e. The lowest BCUT2D eigenvalue weighted by atomic mass is 10.1. The Morgan fingerprint density at radius 3 is 2.65 bits per heavy atom. The first-order chi connectivity index (χ1) is 15.2. The van der Waals surface area contributed by atoms with Crippen LogP contribution in [0.15, 0.2) is 42.7 Å². The molecule has 1 amide bonds. The van der Waals surface area contributed by atoms with Crippen LogP contribution in [-0.2, 0) is 11.3 Å². The summed E-state index contributed by atoms with van der Waals surface area (Å²) in [7, 11) is 1.68. The third-order valence-corrected chi connectivity index (χ3v) is 6.17. The molecule has 1 saturated heterocycles. The minimum absolute atomic E-state index is 0.133. The number of hydrogen-bond donors (Lipinski definition) is 0. The molecule has 0 spiro atoms. The second kappa shape index (κ2) is 10.0. The molecule has 166 valence electrons. The fourth-order valence-corrected chi connectivity index (χ4v) is 4.30. The van der Waals surface area contributed by atoms with Gasteiger partial charge in [-0.2, -0.15) is 0 Å². The molecule has 7 nitrogen and oxygen atoms in total. The van der Waals surface area contributed by atoms with Crippen LogP contribution in [0, 0.1) is 0 Å². The summed E-state index contributed by atoms with van der Waals surface area (Å²) < 4.78 is 11.6. The SMILES string of the molecule is CCC1CN(CCC(=O)N2CCN(c3ccncc3)CC2)Cc2cc(OC)ccc2O1. The third kappa shape index (κ3) is 5.28. The molecule has 1 aromatic heterocycles. The normalized spacial score (nSPS) is 19.4. The van der Waals surface area contributed by atoms with Crippen molar-refractivity contribution >= 4 is 11.6 Å². The zero-order valence-corrected chi connectivity index (χ0v) is 18.5. The Morgan fingerprint density at radius 2 is 1.94 bits per heavy atom. The van der Waals surface area contributed by atoms with Crippen molar-refractivity contribution in [3.63, 3.8) is 0 Å². The number of aromatic nitrogens is 1. The highest BCUT2D eigenvalue weighted by Gasteiger charge is 2.25. The Hall–Kier alpha value is -2.80. The molecule has 4 rings (SSSR count). The summed E-state index contributed by atoms with van der Waals surface area (Å²) in [5.74, 6) is 1.99. The first-order valence-corrected chi connectivity index (χ1v) is 11.1. The second-order valence-corrected chi connectivity index (χ2v) is 8.18. The molecule has 1 fully saturated rings. The van der Waals surface area contributed by atoms with Gasteiger partial charge in [0.15, 0.2) is 0 Å². The highest BCUT2D eigenvalue weighted by Crippen LogP contribution is 2.29. The number of carbonyl (C=O) groups is 1. The van der Waals surface area contributed by atoms with E-state index < -0.39 is 0 Å². The van der Waals surface area contributed by atoms with Gasteiger partial charge in [-0.3, -0.25) is 14.7 Å². The molecule has 1 atom stereocenters. The van der Waals surface area contributed by atoms with Crippen LogP contribution >= 0.6 is 0 Å². The third-order valence-electron chi connectivity index (χ3n) is 6.17. The summed E-state index contributed by atoms with van der Waals surface area (Å²) in [6.45, 7) is 7.73. The monoisotopic (exact) mass is 424 g/mol. The summed E-state index contributed by atoms with van der Waals surface area (Å²) in [5.41, 5.74) is 2.29. The quantitative estimate of drug-likeness (QED) is 0.711. The van der Waals surface area contributed by atoms with Crippen LogP contribution in [0.4, 0.5) is 5.69 Å². The molecule has 2 aromatic rings. The van der Waals surface area contributed by atoms with E-state index >= 15 is 0 Å². The van der Waals surface area contributed by atoms with E-state index in [9.17, 15) is 4.79 Å². The van der Waals surface area contributed by atoms with Gasteiger partial charge in [-0.15, -0.1) is 0 Å². The van der Waals surface area contributed by atoms with Gasteiger partial charge in [-0.1, -0.05) is 6.92 Å². The Kier molecular flexibility index (Phi) is 6.92. The van der Waals surface area contributed by atoms with Crippen LogP contribution in [0.2, 0.25) is 0 Å². The summed E-state index contributed by atoms with van der Waals surface area (Å²) in [4.78, 5) is 23.6. The van der Waals surface area contributed by atoms with Crippen molar-refractivity contribution in [1.82, 2.24) is 14.8 Å². The second-order valence-electron chi connectivity index (χ2n) is 8.18. The van der Waals surface area contributed by atoms with Crippen LogP contribution in [0.5, 0.6) is 11.5 Å². The van der Waals surface area contributed by atoms with E-state index in [4.69, 9.17) is 9.47 Å². The summed E-state index contributed by atoms with van der Waals surface area (Å²) >= 11 is 0. The predicted molar refractivity (Wildman–Crippen MR) is 121 cm³/mol. The lowest BCUT2D eigenvalue weighted by Gasteiger charge is -2.36. The van der Waals surface area contributed by atoms with Crippen molar-refractivity contribution in [3.05, 3.63) is 48.3 Å². The molecule has 7 heteroatoms. The van der Waals surface area contributed by atoms with Crippen molar-refractivity contribution in [2.45, 2.75) is 32.4 Å². The number of nitrogens with zero attached hydrogens (tertiary/aromatic N) is 4. The molecular weight excluding hydrogens is 392 g/mol. The Morgan fingerprint density at radius 1 is 1.16 bits per heavy atom. The average molecular weight is 425 g/mol. The van der Waals surface area contributed by atoms with Gasteiger partial charge in [-0.25, -0.2) is 0 Å². The number of carbonyl (C=O) groups excluding carboxylic acids is 1. The van der Waals surface area contributed by atoms with Crippen LogP contribution < -0.4 is 14.4 Å². The Labute approximate surface area is 184 Å². The van der Waals surface area contributed by atoms with Gasteiger partial charge in [0.2, 0.25) is 5.91 Å². The van der Waals surface area contributed by atoms with Gasteiger partial charge in [0, 0.05) is 75.9 Å². The van der Waals surface area contributed by atoms with Gasteiger partial charge in [0.1, 0.15) is 17.6 Å². The van der Waals surface area contributed by atoms with Gasteiger partial charge in [0.25, 0.3) is 0 Å². The van der Waals surface area contributed by atoms with Crippen LogP contribution in [0.1, 0.15) is 25.3 Å². The summed E-state index contributed by atoms with van der Waals surface area (Å²) in [6.07, 6.45) is 5.23. The summed E-state index contributed by atoms with van der Waals surface area (Å²) in [5, 5.41) is 0. The number of piperazine rings is 1. The maximum atomic E-state index is 12.9. The van der Waals surface area contributed by atoms with Gasteiger partial charge in [-0.05, 0) is 36.8 Å². The van der Waals surface area contributed by atoms with E-state index in [-0.39, 0.29) is 12.0 Å². The molecule has 0 bridgehead atoms. The van der Waals surface area contributed by atoms with Gasteiger partial charge >= 0.3 is 0 Å². The zero-order chi connectivity index (χ0) is 21.6. The smallest absolute Gasteiger partial charge is 0.223 e. The number of methoxy groups -OCH3 is 1. The number of fused-ring (bicyclic) bond motifs is 1. The van der Waals surface area contributed by atoms with Crippen molar-refractivity contribution in [2.75, 3.05) is 51.3 Å². The number of anilines is 1. The van der Waals surface area contributed by atoms with Crippen molar-refractivity contribution in [1.29, 1.82) is 0 Å². The number of rotatable bonds is 6. The number of amides is 1. The molecule has 0 saturated carbocycles. The average Bonchev–Trinajstić information content (AvgIpc) is 3.01. The molecule has 1 unspecified atom stereocenters. The Bertz CT molecular complexity index is 868. The maximum absolute atomic E-state index is 12.9. The molecule has 31 heavy (non-hydrogen) atoms. The lowest BCUT2D eigenvalue weighted by Crippen LogP contribution is -2.49. The zero-order valence-electron chi connectivity index (χ0n) is 18.5. The predicted octanol–water partition coefficient (Wildman–Crippen LogP) is 2.80. The standard InChI is InChI=1S/C24H32N4O3/c1-3-21-18-26(17-19-16-22(30-2)4-5-23(19)31-21)11-8-24(29)28-14-12-27(13-15-28)20-6-9-25-10-7-20/h4-7,9-10,16,21H,3,8,11-15,17-18H2,1-2H3. The highest BCUT2D eigenvalue weighted by molar-refractivity contribution is 5.76. The topological polar surface area (TPSA) is 58.1 Å². The fourth-order valence-electron chi connectivity index (χ4n) is 4.30. The summed E-state index contributed by atoms with van der Waals surface area (Å²) in [6, 6.07) is 10.0.